The van der Waals surface area contributed by atoms with Gasteiger partial charge in [-0.25, -0.2) is 9.37 Å². The van der Waals surface area contributed by atoms with Gasteiger partial charge in [0.1, 0.15) is 11.3 Å². The maximum absolute atomic E-state index is 13.8. The third kappa shape index (κ3) is 1.90. The number of rotatable bonds is 2. The van der Waals surface area contributed by atoms with E-state index < -0.39 is 0 Å². The Kier molecular flexibility index (Phi) is 2.70. The van der Waals surface area contributed by atoms with Crippen LogP contribution in [0, 0.1) is 5.82 Å². The topological polar surface area (TPSA) is 29.9 Å². The van der Waals surface area contributed by atoms with Crippen molar-refractivity contribution in [2.75, 3.05) is 11.9 Å². The highest BCUT2D eigenvalue weighted by atomic mass is 19.1. The number of hydrogen-bond donors (Lipinski definition) is 1. The molecule has 21 heavy (non-hydrogen) atoms. The number of anilines is 1. The van der Waals surface area contributed by atoms with Gasteiger partial charge in [-0.3, -0.25) is 0 Å². The van der Waals surface area contributed by atoms with Crippen molar-refractivity contribution in [3.63, 3.8) is 0 Å². The summed E-state index contributed by atoms with van der Waals surface area (Å²) in [5.41, 5.74) is 3.84. The zero-order valence-corrected chi connectivity index (χ0v) is 11.8. The molecule has 0 fully saturated rings. The molecule has 2 aromatic carbocycles. The Bertz CT molecular complexity index is 822. The van der Waals surface area contributed by atoms with Crippen molar-refractivity contribution in [1.29, 1.82) is 0 Å². The summed E-state index contributed by atoms with van der Waals surface area (Å²) in [7, 11) is 1.96. The number of imidazole rings is 1. The predicted molar refractivity (Wildman–Crippen MR) is 82.0 cm³/mol. The number of fused-ring (bicyclic) bond motifs is 2. The molecular weight excluding hydrogens is 265 g/mol. The van der Waals surface area contributed by atoms with E-state index >= 15 is 0 Å². The summed E-state index contributed by atoms with van der Waals surface area (Å²) in [5, 5.41) is 3.42. The molecule has 3 nitrogen and oxygen atoms in total. The van der Waals surface area contributed by atoms with Crippen LogP contribution in [0.25, 0.3) is 11.0 Å². The minimum Gasteiger partial charge on any atom is -0.384 e. The zero-order valence-electron chi connectivity index (χ0n) is 11.8. The molecule has 1 aromatic heterocycles. The zero-order chi connectivity index (χ0) is 14.4. The number of aromatic nitrogens is 2. The largest absolute Gasteiger partial charge is 0.384 e. The van der Waals surface area contributed by atoms with Crippen molar-refractivity contribution in [2.24, 2.45) is 7.05 Å². The molecular formula is C17H16FN3. The van der Waals surface area contributed by atoms with Crippen LogP contribution in [0.15, 0.2) is 42.5 Å². The van der Waals surface area contributed by atoms with Crippen LogP contribution in [-0.2, 0) is 13.5 Å². The maximum atomic E-state index is 13.8. The van der Waals surface area contributed by atoms with Gasteiger partial charge in [-0.1, -0.05) is 24.3 Å². The second-order valence-corrected chi connectivity index (χ2v) is 5.56. The summed E-state index contributed by atoms with van der Waals surface area (Å²) in [6.07, 6.45) is 0.814. The van der Waals surface area contributed by atoms with E-state index in [-0.39, 0.29) is 5.82 Å². The number of benzene rings is 2. The first-order chi connectivity index (χ1) is 10.2. The van der Waals surface area contributed by atoms with Gasteiger partial charge >= 0.3 is 0 Å². The molecule has 4 heteroatoms. The van der Waals surface area contributed by atoms with Gasteiger partial charge in [-0.2, -0.15) is 0 Å². The van der Waals surface area contributed by atoms with E-state index in [4.69, 9.17) is 0 Å². The summed E-state index contributed by atoms with van der Waals surface area (Å²) in [6, 6.07) is 13.5. The Balaban J connectivity index is 1.73. The number of nitrogens with zero attached hydrogens (tertiary/aromatic N) is 2. The van der Waals surface area contributed by atoms with E-state index in [0.717, 1.165) is 24.3 Å². The third-order valence-electron chi connectivity index (χ3n) is 4.32. The van der Waals surface area contributed by atoms with E-state index in [1.54, 1.807) is 6.07 Å². The van der Waals surface area contributed by atoms with Crippen LogP contribution in [0.2, 0.25) is 0 Å². The molecule has 0 amide bonds. The van der Waals surface area contributed by atoms with Crippen LogP contribution in [0.4, 0.5) is 10.1 Å². The van der Waals surface area contributed by atoms with Crippen LogP contribution in [0.5, 0.6) is 0 Å². The lowest BCUT2D eigenvalue weighted by molar-refractivity contribution is 0.636. The molecule has 4 rings (SSSR count). The molecule has 3 aromatic rings. The molecule has 1 atom stereocenters. The van der Waals surface area contributed by atoms with Gasteiger partial charge in [0.2, 0.25) is 0 Å². The van der Waals surface area contributed by atoms with E-state index in [1.807, 2.05) is 23.7 Å². The van der Waals surface area contributed by atoms with Crippen LogP contribution in [0.1, 0.15) is 17.3 Å². The molecule has 0 saturated carbocycles. The van der Waals surface area contributed by atoms with Gasteiger partial charge in [-0.05, 0) is 23.8 Å². The molecule has 0 saturated heterocycles. The quantitative estimate of drug-likeness (QED) is 0.779. The molecule has 1 unspecified atom stereocenters. The Morgan fingerprint density at radius 3 is 2.95 bits per heavy atom. The van der Waals surface area contributed by atoms with Crippen molar-refractivity contribution >= 4 is 16.7 Å². The van der Waals surface area contributed by atoms with Crippen LogP contribution in [-0.4, -0.2) is 16.1 Å². The van der Waals surface area contributed by atoms with E-state index in [0.29, 0.717) is 11.4 Å². The van der Waals surface area contributed by atoms with Crippen molar-refractivity contribution in [2.45, 2.75) is 12.3 Å². The van der Waals surface area contributed by atoms with Gasteiger partial charge in [0.25, 0.3) is 0 Å². The first-order valence-corrected chi connectivity index (χ1v) is 7.16. The van der Waals surface area contributed by atoms with Crippen molar-refractivity contribution in [3.8, 4) is 0 Å². The highest BCUT2D eigenvalue weighted by Gasteiger charge is 2.24. The molecule has 1 aliphatic rings. The average molecular weight is 281 g/mol. The number of halogens is 1. The molecule has 0 bridgehead atoms. The summed E-state index contributed by atoms with van der Waals surface area (Å²) < 4.78 is 15.8. The van der Waals surface area contributed by atoms with Crippen molar-refractivity contribution in [3.05, 3.63) is 59.7 Å². The van der Waals surface area contributed by atoms with Gasteiger partial charge in [0.15, 0.2) is 5.82 Å². The van der Waals surface area contributed by atoms with Gasteiger partial charge in [0, 0.05) is 31.6 Å². The molecule has 1 aliphatic heterocycles. The SMILES string of the molecule is Cn1c(CC2CNc3ccccc32)nc2c(F)cccc21. The van der Waals surface area contributed by atoms with E-state index in [9.17, 15) is 4.39 Å². The normalized spacial score (nSPS) is 17.0. The van der Waals surface area contributed by atoms with E-state index in [1.165, 1.54) is 17.3 Å². The monoisotopic (exact) mass is 281 g/mol. The summed E-state index contributed by atoms with van der Waals surface area (Å²) >= 11 is 0. The average Bonchev–Trinajstić information content (AvgIpc) is 3.04. The van der Waals surface area contributed by atoms with E-state index in [2.05, 4.69) is 28.5 Å². The fraction of sp³-hybridized carbons (Fsp3) is 0.235. The lowest BCUT2D eigenvalue weighted by Gasteiger charge is -2.10. The first-order valence-electron chi connectivity index (χ1n) is 7.16. The Labute approximate surface area is 122 Å². The fourth-order valence-corrected chi connectivity index (χ4v) is 3.17. The lowest BCUT2D eigenvalue weighted by Crippen LogP contribution is -2.09. The number of hydrogen-bond acceptors (Lipinski definition) is 2. The molecule has 0 aliphatic carbocycles. The maximum Gasteiger partial charge on any atom is 0.151 e. The van der Waals surface area contributed by atoms with Gasteiger partial charge < -0.3 is 9.88 Å². The van der Waals surface area contributed by atoms with Gasteiger partial charge in [0.05, 0.1) is 5.52 Å². The molecule has 1 N–H and O–H groups in total. The highest BCUT2D eigenvalue weighted by Crippen LogP contribution is 2.33. The number of aryl methyl sites for hydroxylation is 1. The Morgan fingerprint density at radius 1 is 1.24 bits per heavy atom. The standard InChI is InChI=1S/C17H16FN3/c1-21-15-8-4-6-13(18)17(15)20-16(21)9-11-10-19-14-7-3-2-5-12(11)14/h2-8,11,19H,9-10H2,1H3. The molecule has 2 heterocycles. The highest BCUT2D eigenvalue weighted by molar-refractivity contribution is 5.76. The fourth-order valence-electron chi connectivity index (χ4n) is 3.17. The van der Waals surface area contributed by atoms with Crippen molar-refractivity contribution in [1.82, 2.24) is 9.55 Å². The van der Waals surface area contributed by atoms with Crippen LogP contribution in [0.3, 0.4) is 0 Å². The number of nitrogens with one attached hydrogen (secondary N) is 1. The second-order valence-electron chi connectivity index (χ2n) is 5.56. The summed E-state index contributed by atoms with van der Waals surface area (Å²) in [6.45, 7) is 0.908. The lowest BCUT2D eigenvalue weighted by atomic mass is 9.98. The molecule has 0 radical (unpaired) electrons. The molecule has 106 valence electrons. The minimum absolute atomic E-state index is 0.251. The Hall–Kier alpha value is -2.36. The predicted octanol–water partition coefficient (Wildman–Crippen LogP) is 3.46. The summed E-state index contributed by atoms with van der Waals surface area (Å²) in [5.74, 6) is 1.07. The molecule has 0 spiro atoms. The Morgan fingerprint density at radius 2 is 2.10 bits per heavy atom. The smallest absolute Gasteiger partial charge is 0.151 e. The first kappa shape index (κ1) is 12.4. The van der Waals surface area contributed by atoms with Crippen LogP contribution >= 0.6 is 0 Å². The second kappa shape index (κ2) is 4.58. The summed E-state index contributed by atoms with van der Waals surface area (Å²) in [4.78, 5) is 4.51. The van der Waals surface area contributed by atoms with Crippen LogP contribution < -0.4 is 5.32 Å². The van der Waals surface area contributed by atoms with Crippen molar-refractivity contribution < 1.29 is 4.39 Å². The minimum atomic E-state index is -0.251. The van der Waals surface area contributed by atoms with Gasteiger partial charge in [-0.15, -0.1) is 0 Å². The number of para-hydroxylation sites is 2. The third-order valence-corrected chi connectivity index (χ3v) is 4.32.